The van der Waals surface area contributed by atoms with Gasteiger partial charge in [-0.1, -0.05) is 25.7 Å². The number of rotatable bonds is 11. The number of guanidine groups is 1. The third-order valence-corrected chi connectivity index (χ3v) is 4.18. The molecule has 1 aliphatic carbocycles. The Labute approximate surface area is 131 Å². The first-order valence-corrected chi connectivity index (χ1v) is 8.88. The summed E-state index contributed by atoms with van der Waals surface area (Å²) in [6.07, 6.45) is 11.9. The van der Waals surface area contributed by atoms with E-state index in [0.29, 0.717) is 0 Å². The minimum atomic E-state index is 0.870. The zero-order valence-electron chi connectivity index (χ0n) is 14.1. The number of hydrogen-bond donors (Lipinski definition) is 2. The maximum Gasteiger partial charge on any atom is 0.191 e. The van der Waals surface area contributed by atoms with E-state index < -0.39 is 0 Å². The smallest absolute Gasteiger partial charge is 0.191 e. The molecule has 0 aliphatic heterocycles. The van der Waals surface area contributed by atoms with Crippen molar-refractivity contribution in [1.29, 1.82) is 0 Å². The van der Waals surface area contributed by atoms with Crippen molar-refractivity contribution >= 4 is 5.96 Å². The Morgan fingerprint density at radius 2 is 1.90 bits per heavy atom. The molecule has 0 unspecified atom stereocenters. The van der Waals surface area contributed by atoms with E-state index in [9.17, 15) is 0 Å². The molecular weight excluding hydrogens is 262 g/mol. The highest BCUT2D eigenvalue weighted by atomic mass is 16.5. The quantitative estimate of drug-likeness (QED) is 0.349. The largest absolute Gasteiger partial charge is 0.385 e. The summed E-state index contributed by atoms with van der Waals surface area (Å²) >= 11 is 0. The molecule has 0 heterocycles. The van der Waals surface area contributed by atoms with Crippen LogP contribution in [0, 0.1) is 5.92 Å². The lowest BCUT2D eigenvalue weighted by molar-refractivity contribution is 0.192. The average Bonchev–Trinajstić information content (AvgIpc) is 3.00. The monoisotopic (exact) mass is 297 g/mol. The van der Waals surface area contributed by atoms with Crippen LogP contribution in [-0.4, -0.2) is 39.3 Å². The molecular formula is C17H35N3O. The summed E-state index contributed by atoms with van der Waals surface area (Å²) in [5.41, 5.74) is 0. The van der Waals surface area contributed by atoms with Gasteiger partial charge in [-0.2, -0.15) is 0 Å². The molecule has 2 N–H and O–H groups in total. The molecule has 1 fully saturated rings. The zero-order chi connectivity index (χ0) is 15.2. The fourth-order valence-electron chi connectivity index (χ4n) is 2.97. The van der Waals surface area contributed by atoms with E-state index >= 15 is 0 Å². The number of aliphatic imine (C=N–C) groups is 1. The van der Waals surface area contributed by atoms with E-state index in [2.05, 4.69) is 22.5 Å². The summed E-state index contributed by atoms with van der Waals surface area (Å²) in [6.45, 7) is 5.87. The van der Waals surface area contributed by atoms with Gasteiger partial charge in [-0.25, -0.2) is 0 Å². The standard InChI is InChI=1S/C17H35N3O/c1-3-18-17(19-13-7-4-8-15-21-2)20-14-9-12-16-10-5-6-11-16/h16H,3-15H2,1-2H3,(H2,18,19,20). The lowest BCUT2D eigenvalue weighted by Gasteiger charge is -2.12. The molecule has 21 heavy (non-hydrogen) atoms. The maximum atomic E-state index is 5.06. The highest BCUT2D eigenvalue weighted by Gasteiger charge is 2.13. The Kier molecular flexibility index (Phi) is 11.3. The van der Waals surface area contributed by atoms with E-state index in [4.69, 9.17) is 4.74 Å². The molecule has 4 heteroatoms. The van der Waals surface area contributed by atoms with Crippen LogP contribution in [0.25, 0.3) is 0 Å². The summed E-state index contributed by atoms with van der Waals surface area (Å²) in [4.78, 5) is 4.68. The van der Waals surface area contributed by atoms with Crippen molar-refractivity contribution < 1.29 is 4.74 Å². The number of unbranched alkanes of at least 4 members (excludes halogenated alkanes) is 2. The van der Waals surface area contributed by atoms with Gasteiger partial charge in [0.1, 0.15) is 0 Å². The Hall–Kier alpha value is -0.770. The number of ether oxygens (including phenoxy) is 1. The van der Waals surface area contributed by atoms with Crippen molar-refractivity contribution in [3.8, 4) is 0 Å². The number of nitrogens with one attached hydrogen (secondary N) is 2. The summed E-state index contributed by atoms with van der Waals surface area (Å²) < 4.78 is 5.06. The van der Waals surface area contributed by atoms with Crippen LogP contribution in [0.5, 0.6) is 0 Å². The molecule has 0 spiro atoms. The van der Waals surface area contributed by atoms with Crippen LogP contribution in [0.4, 0.5) is 0 Å². The Morgan fingerprint density at radius 3 is 2.62 bits per heavy atom. The molecule has 0 bridgehead atoms. The minimum absolute atomic E-state index is 0.870. The molecule has 0 aromatic rings. The van der Waals surface area contributed by atoms with Crippen LogP contribution in [0.3, 0.4) is 0 Å². The first-order chi connectivity index (χ1) is 10.4. The molecule has 0 atom stereocenters. The third-order valence-electron chi connectivity index (χ3n) is 4.18. The van der Waals surface area contributed by atoms with E-state index in [0.717, 1.165) is 44.5 Å². The summed E-state index contributed by atoms with van der Waals surface area (Å²) in [5.74, 6) is 1.96. The summed E-state index contributed by atoms with van der Waals surface area (Å²) in [5, 5.41) is 6.75. The van der Waals surface area contributed by atoms with E-state index in [1.54, 1.807) is 7.11 Å². The van der Waals surface area contributed by atoms with Crippen molar-refractivity contribution in [2.75, 3.05) is 33.4 Å². The fraction of sp³-hybridized carbons (Fsp3) is 0.941. The van der Waals surface area contributed by atoms with Gasteiger partial charge in [-0.05, 0) is 44.9 Å². The molecule has 0 aromatic heterocycles. The van der Waals surface area contributed by atoms with Gasteiger partial charge < -0.3 is 15.4 Å². The first-order valence-electron chi connectivity index (χ1n) is 8.88. The zero-order valence-corrected chi connectivity index (χ0v) is 14.1. The predicted molar refractivity (Wildman–Crippen MR) is 90.9 cm³/mol. The second-order valence-electron chi connectivity index (χ2n) is 6.03. The average molecular weight is 297 g/mol. The molecule has 1 aliphatic rings. The molecule has 1 saturated carbocycles. The first kappa shape index (κ1) is 18.3. The van der Waals surface area contributed by atoms with Gasteiger partial charge in [0.2, 0.25) is 0 Å². The lowest BCUT2D eigenvalue weighted by atomic mass is 10.0. The van der Waals surface area contributed by atoms with Crippen LogP contribution >= 0.6 is 0 Å². The van der Waals surface area contributed by atoms with Gasteiger partial charge in [0.05, 0.1) is 0 Å². The number of nitrogens with zero attached hydrogens (tertiary/aromatic N) is 1. The SMILES string of the molecule is CCNC(=NCCCC1CCCC1)NCCCCCOC. The Balaban J connectivity index is 2.07. The van der Waals surface area contributed by atoms with Gasteiger partial charge in [-0.3, -0.25) is 4.99 Å². The van der Waals surface area contributed by atoms with Crippen molar-refractivity contribution in [3.63, 3.8) is 0 Å². The summed E-state index contributed by atoms with van der Waals surface area (Å²) in [6, 6.07) is 0. The Bertz CT molecular complexity index is 263. The predicted octanol–water partition coefficient (Wildman–Crippen LogP) is 3.33. The van der Waals surface area contributed by atoms with Crippen LogP contribution in [0.15, 0.2) is 4.99 Å². The van der Waals surface area contributed by atoms with Crippen LogP contribution in [0.1, 0.15) is 64.7 Å². The van der Waals surface area contributed by atoms with Gasteiger partial charge in [0.25, 0.3) is 0 Å². The topological polar surface area (TPSA) is 45.7 Å². The third kappa shape index (κ3) is 9.72. The van der Waals surface area contributed by atoms with Crippen molar-refractivity contribution in [3.05, 3.63) is 0 Å². The normalized spacial score (nSPS) is 16.4. The molecule has 0 aromatic carbocycles. The highest BCUT2D eigenvalue weighted by Crippen LogP contribution is 2.28. The molecule has 0 saturated heterocycles. The summed E-state index contributed by atoms with van der Waals surface area (Å²) in [7, 11) is 1.76. The van der Waals surface area contributed by atoms with Crippen LogP contribution < -0.4 is 10.6 Å². The van der Waals surface area contributed by atoms with Crippen LogP contribution in [0.2, 0.25) is 0 Å². The fourth-order valence-corrected chi connectivity index (χ4v) is 2.97. The van der Waals surface area contributed by atoms with Gasteiger partial charge >= 0.3 is 0 Å². The minimum Gasteiger partial charge on any atom is -0.385 e. The lowest BCUT2D eigenvalue weighted by Crippen LogP contribution is -2.37. The van der Waals surface area contributed by atoms with E-state index in [1.165, 1.54) is 51.4 Å². The molecule has 4 nitrogen and oxygen atoms in total. The van der Waals surface area contributed by atoms with E-state index in [1.807, 2.05) is 0 Å². The van der Waals surface area contributed by atoms with Crippen molar-refractivity contribution in [2.24, 2.45) is 10.9 Å². The van der Waals surface area contributed by atoms with Crippen molar-refractivity contribution in [1.82, 2.24) is 10.6 Å². The highest BCUT2D eigenvalue weighted by molar-refractivity contribution is 5.79. The van der Waals surface area contributed by atoms with Gasteiger partial charge in [0, 0.05) is 33.4 Å². The second kappa shape index (κ2) is 12.9. The van der Waals surface area contributed by atoms with E-state index in [-0.39, 0.29) is 0 Å². The second-order valence-corrected chi connectivity index (χ2v) is 6.03. The molecule has 1 rings (SSSR count). The molecule has 0 amide bonds. The molecule has 124 valence electrons. The number of hydrogen-bond acceptors (Lipinski definition) is 2. The number of methoxy groups -OCH3 is 1. The van der Waals surface area contributed by atoms with Gasteiger partial charge in [-0.15, -0.1) is 0 Å². The Morgan fingerprint density at radius 1 is 1.10 bits per heavy atom. The van der Waals surface area contributed by atoms with Crippen LogP contribution in [-0.2, 0) is 4.74 Å². The maximum absolute atomic E-state index is 5.06. The van der Waals surface area contributed by atoms with Crippen molar-refractivity contribution in [2.45, 2.75) is 64.7 Å². The molecule has 0 radical (unpaired) electrons. The van der Waals surface area contributed by atoms with Gasteiger partial charge in [0.15, 0.2) is 5.96 Å².